The largest absolute Gasteiger partial charge is 0.287 e. The molecule has 0 aromatic carbocycles. The number of thiophene rings is 2. The molecule has 0 fully saturated rings. The van der Waals surface area contributed by atoms with Crippen LogP contribution >= 0.6 is 22.7 Å². The maximum absolute atomic E-state index is 12.6. The van der Waals surface area contributed by atoms with Gasteiger partial charge in [-0.15, -0.1) is 22.7 Å². The Balaban J connectivity index is 2.16. The number of hydrogen-bond donors (Lipinski definition) is 0. The lowest BCUT2D eigenvalue weighted by molar-refractivity contribution is 0.105. The van der Waals surface area contributed by atoms with E-state index in [1.165, 1.54) is 20.1 Å². The van der Waals surface area contributed by atoms with Gasteiger partial charge in [0.1, 0.15) is 0 Å². The maximum atomic E-state index is 12.6. The van der Waals surface area contributed by atoms with Crippen LogP contribution in [0.25, 0.3) is 11.1 Å². The minimum atomic E-state index is -1.33. The molecule has 0 N–H and O–H groups in total. The zero-order chi connectivity index (χ0) is 14.9. The van der Waals surface area contributed by atoms with Crippen LogP contribution in [0.1, 0.15) is 14.5 Å². The van der Waals surface area contributed by atoms with Crippen molar-refractivity contribution in [1.82, 2.24) is 0 Å². The van der Waals surface area contributed by atoms with Crippen LogP contribution in [0.5, 0.6) is 0 Å². The number of rotatable bonds is 2. The SMILES string of the molecule is C[Si](C)(C)c1cc2c(s1)C(=O)c1sc([Si](C)(C)C)cc1-2. The van der Waals surface area contributed by atoms with E-state index >= 15 is 0 Å². The minimum Gasteiger partial charge on any atom is -0.287 e. The second-order valence-electron chi connectivity index (χ2n) is 7.54. The molecule has 106 valence electrons. The molecule has 0 spiro atoms. The predicted molar refractivity (Wildman–Crippen MR) is 97.0 cm³/mol. The Morgan fingerprint density at radius 1 is 0.750 bits per heavy atom. The van der Waals surface area contributed by atoms with E-state index in [1.54, 1.807) is 22.7 Å². The molecule has 1 nitrogen and oxygen atoms in total. The van der Waals surface area contributed by atoms with Gasteiger partial charge in [-0.05, 0) is 21.1 Å². The van der Waals surface area contributed by atoms with Crippen molar-refractivity contribution in [2.75, 3.05) is 0 Å². The highest BCUT2D eigenvalue weighted by molar-refractivity contribution is 7.31. The molecule has 3 rings (SSSR count). The Kier molecular flexibility index (Phi) is 3.07. The first-order chi connectivity index (χ1) is 9.09. The Bertz CT molecular complexity index is 651. The second kappa shape index (κ2) is 4.25. The molecule has 0 saturated carbocycles. The van der Waals surface area contributed by atoms with Gasteiger partial charge < -0.3 is 0 Å². The molecule has 0 atom stereocenters. The molecule has 0 amide bonds. The van der Waals surface area contributed by atoms with Crippen molar-refractivity contribution in [1.29, 1.82) is 0 Å². The molecule has 2 aromatic rings. The van der Waals surface area contributed by atoms with Crippen molar-refractivity contribution in [3.05, 3.63) is 21.9 Å². The lowest BCUT2D eigenvalue weighted by atomic mass is 10.2. The number of carbonyl (C=O) groups excluding carboxylic acids is 1. The summed E-state index contributed by atoms with van der Waals surface area (Å²) in [5.74, 6) is 0.277. The van der Waals surface area contributed by atoms with Crippen LogP contribution in [-0.4, -0.2) is 21.9 Å². The fourth-order valence-corrected chi connectivity index (χ4v) is 8.38. The third kappa shape index (κ3) is 2.11. The molecular weight excluding hydrogens is 316 g/mol. The third-order valence-corrected chi connectivity index (χ3v) is 13.1. The van der Waals surface area contributed by atoms with Gasteiger partial charge in [0.05, 0.1) is 25.9 Å². The van der Waals surface area contributed by atoms with Gasteiger partial charge in [-0.3, -0.25) is 4.79 Å². The van der Waals surface area contributed by atoms with E-state index in [-0.39, 0.29) is 5.78 Å². The van der Waals surface area contributed by atoms with Crippen LogP contribution in [0.4, 0.5) is 0 Å². The highest BCUT2D eigenvalue weighted by Gasteiger charge is 2.35. The monoisotopic (exact) mass is 336 g/mol. The highest BCUT2D eigenvalue weighted by Crippen LogP contribution is 2.42. The van der Waals surface area contributed by atoms with Gasteiger partial charge in [0.2, 0.25) is 5.78 Å². The van der Waals surface area contributed by atoms with Crippen LogP contribution in [-0.2, 0) is 0 Å². The average molecular weight is 337 g/mol. The first kappa shape index (κ1) is 14.4. The van der Waals surface area contributed by atoms with Crippen LogP contribution < -0.4 is 9.00 Å². The summed E-state index contributed by atoms with van der Waals surface area (Å²) in [6.45, 7) is 14.1. The quantitative estimate of drug-likeness (QED) is 0.644. The molecule has 20 heavy (non-hydrogen) atoms. The van der Waals surface area contributed by atoms with E-state index in [4.69, 9.17) is 0 Å². The number of hydrogen-bond acceptors (Lipinski definition) is 3. The number of ketones is 1. The lowest BCUT2D eigenvalue weighted by Crippen LogP contribution is -2.35. The fourth-order valence-electron chi connectivity index (χ4n) is 2.36. The molecule has 0 radical (unpaired) electrons. The Morgan fingerprint density at radius 3 is 1.40 bits per heavy atom. The van der Waals surface area contributed by atoms with E-state index in [0.29, 0.717) is 0 Å². The summed E-state index contributed by atoms with van der Waals surface area (Å²) in [7, 11) is -2.66. The van der Waals surface area contributed by atoms with E-state index in [0.717, 1.165) is 9.75 Å². The summed E-state index contributed by atoms with van der Waals surface area (Å²) in [6, 6.07) is 4.60. The third-order valence-electron chi connectivity index (χ3n) is 3.65. The van der Waals surface area contributed by atoms with Gasteiger partial charge in [0.25, 0.3) is 0 Å². The van der Waals surface area contributed by atoms with Gasteiger partial charge in [-0.2, -0.15) is 0 Å². The zero-order valence-corrected chi connectivity index (χ0v) is 16.5. The molecule has 2 heterocycles. The van der Waals surface area contributed by atoms with Crippen molar-refractivity contribution in [2.24, 2.45) is 0 Å². The van der Waals surface area contributed by atoms with E-state index in [2.05, 4.69) is 51.4 Å². The van der Waals surface area contributed by atoms with Gasteiger partial charge in [-0.25, -0.2) is 0 Å². The van der Waals surface area contributed by atoms with Crippen LogP contribution in [0.2, 0.25) is 39.3 Å². The van der Waals surface area contributed by atoms with Crippen molar-refractivity contribution in [2.45, 2.75) is 39.3 Å². The van der Waals surface area contributed by atoms with Crippen molar-refractivity contribution >= 4 is 53.6 Å². The smallest absolute Gasteiger partial charge is 0.214 e. The number of carbonyl (C=O) groups is 1. The summed E-state index contributed by atoms with van der Waals surface area (Å²) in [4.78, 5) is 14.6. The van der Waals surface area contributed by atoms with Crippen LogP contribution in [0, 0.1) is 0 Å². The topological polar surface area (TPSA) is 17.1 Å². The average Bonchev–Trinajstić information content (AvgIpc) is 2.93. The van der Waals surface area contributed by atoms with E-state index in [9.17, 15) is 4.79 Å². The Labute approximate surface area is 130 Å². The highest BCUT2D eigenvalue weighted by atomic mass is 32.1. The predicted octanol–water partition coefficient (Wildman–Crippen LogP) is 4.11. The molecule has 5 heteroatoms. The van der Waals surface area contributed by atoms with Crippen molar-refractivity contribution in [3.8, 4) is 11.1 Å². The van der Waals surface area contributed by atoms with Crippen molar-refractivity contribution < 1.29 is 4.79 Å². The van der Waals surface area contributed by atoms with Crippen molar-refractivity contribution in [3.63, 3.8) is 0 Å². The molecule has 0 bridgehead atoms. The molecule has 0 aliphatic heterocycles. The standard InChI is InChI=1S/C15H20OS2Si2/c1-19(2,3)11-7-9-10-8-12(20(4,5)6)18-15(10)13(16)14(9)17-11/h7-8H,1-6H3. The van der Waals surface area contributed by atoms with E-state index in [1.807, 2.05) is 0 Å². The first-order valence-corrected chi connectivity index (χ1v) is 15.6. The number of fused-ring (bicyclic) bond motifs is 3. The maximum Gasteiger partial charge on any atom is 0.214 e. The lowest BCUT2D eigenvalue weighted by Gasteiger charge is -2.12. The zero-order valence-electron chi connectivity index (χ0n) is 12.9. The Morgan fingerprint density at radius 2 is 1.10 bits per heavy atom. The summed E-state index contributed by atoms with van der Waals surface area (Å²) in [5.41, 5.74) is 2.43. The van der Waals surface area contributed by atoms with Crippen LogP contribution in [0.15, 0.2) is 12.1 Å². The summed E-state index contributed by atoms with van der Waals surface area (Å²) in [6.07, 6.45) is 0. The normalized spacial score (nSPS) is 14.6. The summed E-state index contributed by atoms with van der Waals surface area (Å²) >= 11 is 3.48. The Hall–Kier alpha value is -0.496. The van der Waals surface area contributed by atoms with Gasteiger partial charge >= 0.3 is 0 Å². The fraction of sp³-hybridized carbons (Fsp3) is 0.400. The van der Waals surface area contributed by atoms with Gasteiger partial charge in [0.15, 0.2) is 0 Å². The van der Waals surface area contributed by atoms with Crippen LogP contribution in [0.3, 0.4) is 0 Å². The molecule has 0 unspecified atom stereocenters. The molecule has 2 aromatic heterocycles. The molecule has 0 saturated heterocycles. The molecular formula is C15H20OS2Si2. The van der Waals surface area contributed by atoms with Gasteiger partial charge in [0, 0.05) is 11.1 Å². The summed E-state index contributed by atoms with van der Waals surface area (Å²) in [5, 5.41) is 0. The summed E-state index contributed by atoms with van der Waals surface area (Å²) < 4.78 is 2.89. The van der Waals surface area contributed by atoms with Gasteiger partial charge in [-0.1, -0.05) is 39.3 Å². The first-order valence-electron chi connectivity index (χ1n) is 6.93. The molecule has 1 aliphatic carbocycles. The minimum absolute atomic E-state index is 0.277. The van der Waals surface area contributed by atoms with E-state index < -0.39 is 16.1 Å². The second-order valence-corrected chi connectivity index (χ2v) is 20.4. The molecule has 1 aliphatic rings.